The highest BCUT2D eigenvalue weighted by molar-refractivity contribution is 9.10. The van der Waals surface area contributed by atoms with Crippen LogP contribution < -0.4 is 9.47 Å². The minimum atomic E-state index is -0.252. The fourth-order valence-corrected chi connectivity index (χ4v) is 4.37. The number of methoxy groups -OCH3 is 1. The maximum atomic E-state index is 6.43. The van der Waals surface area contributed by atoms with Crippen molar-refractivity contribution in [3.63, 3.8) is 0 Å². The van der Waals surface area contributed by atoms with Crippen molar-refractivity contribution in [3.8, 4) is 11.5 Å². The standard InChI is InChI=1S/C24H21BrN2O2/c1-15-6-8-16(9-7-15)24-27-22(20-13-18(25)10-11-23(20)29-24)14-21(26-27)17-4-3-5-19(12-17)28-2/h3-13,22,24H,14H2,1-2H3/t22-,24-/m0/s1. The second-order valence-corrected chi connectivity index (χ2v) is 8.36. The van der Waals surface area contributed by atoms with Gasteiger partial charge < -0.3 is 9.47 Å². The summed E-state index contributed by atoms with van der Waals surface area (Å²) in [5, 5.41) is 7.12. The van der Waals surface area contributed by atoms with Crippen LogP contribution in [0.4, 0.5) is 0 Å². The Kier molecular flexibility index (Phi) is 4.55. The highest BCUT2D eigenvalue weighted by atomic mass is 79.9. The van der Waals surface area contributed by atoms with Crippen molar-refractivity contribution in [2.75, 3.05) is 7.11 Å². The molecule has 3 aromatic rings. The van der Waals surface area contributed by atoms with Gasteiger partial charge in [-0.3, -0.25) is 0 Å². The zero-order valence-corrected chi connectivity index (χ0v) is 17.9. The molecule has 2 aliphatic rings. The van der Waals surface area contributed by atoms with Crippen LogP contribution >= 0.6 is 15.9 Å². The second kappa shape index (κ2) is 7.23. The molecule has 3 aromatic carbocycles. The van der Waals surface area contributed by atoms with Crippen LogP contribution in [0.3, 0.4) is 0 Å². The van der Waals surface area contributed by atoms with E-state index in [0.29, 0.717) is 0 Å². The van der Waals surface area contributed by atoms with E-state index in [9.17, 15) is 0 Å². The first-order valence-electron chi connectivity index (χ1n) is 9.65. The summed E-state index contributed by atoms with van der Waals surface area (Å²) in [6.07, 6.45) is 0.569. The minimum absolute atomic E-state index is 0.128. The molecule has 0 saturated heterocycles. The Morgan fingerprint density at radius 1 is 1.07 bits per heavy atom. The molecular weight excluding hydrogens is 428 g/mol. The quantitative estimate of drug-likeness (QED) is 0.491. The van der Waals surface area contributed by atoms with E-state index in [1.807, 2.05) is 30.3 Å². The average molecular weight is 449 g/mol. The fourth-order valence-electron chi connectivity index (χ4n) is 3.99. The average Bonchev–Trinajstić information content (AvgIpc) is 3.20. The maximum absolute atomic E-state index is 6.43. The van der Waals surface area contributed by atoms with Crippen molar-refractivity contribution < 1.29 is 9.47 Å². The Hall–Kier alpha value is -2.79. The number of hydrazone groups is 1. The summed E-state index contributed by atoms with van der Waals surface area (Å²) in [6.45, 7) is 2.09. The Bertz CT molecular complexity index is 1090. The molecule has 5 rings (SSSR count). The van der Waals surface area contributed by atoms with Crippen LogP contribution in [0.1, 0.15) is 40.9 Å². The van der Waals surface area contributed by atoms with Gasteiger partial charge in [-0.25, -0.2) is 5.01 Å². The molecule has 2 aliphatic heterocycles. The summed E-state index contributed by atoms with van der Waals surface area (Å²) in [5.41, 5.74) is 5.61. The van der Waals surface area contributed by atoms with Crippen LogP contribution in [0.2, 0.25) is 0 Å². The zero-order valence-electron chi connectivity index (χ0n) is 16.3. The van der Waals surface area contributed by atoms with Gasteiger partial charge in [0, 0.05) is 27.6 Å². The summed E-state index contributed by atoms with van der Waals surface area (Å²) in [6, 6.07) is 22.9. The molecule has 0 radical (unpaired) electrons. The molecule has 0 aliphatic carbocycles. The Morgan fingerprint density at radius 3 is 2.69 bits per heavy atom. The minimum Gasteiger partial charge on any atom is -0.497 e. The summed E-state index contributed by atoms with van der Waals surface area (Å²) in [7, 11) is 1.69. The molecule has 4 nitrogen and oxygen atoms in total. The normalized spacial score (nSPS) is 19.8. The van der Waals surface area contributed by atoms with E-state index in [1.165, 1.54) is 5.56 Å². The van der Waals surface area contributed by atoms with Crippen LogP contribution in [0.25, 0.3) is 0 Å². The third-order valence-electron chi connectivity index (χ3n) is 5.52. The van der Waals surface area contributed by atoms with Gasteiger partial charge in [0.1, 0.15) is 11.5 Å². The van der Waals surface area contributed by atoms with Gasteiger partial charge in [-0.2, -0.15) is 5.10 Å². The monoisotopic (exact) mass is 448 g/mol. The fraction of sp³-hybridized carbons (Fsp3) is 0.208. The van der Waals surface area contributed by atoms with E-state index < -0.39 is 0 Å². The number of benzene rings is 3. The van der Waals surface area contributed by atoms with Gasteiger partial charge in [0.15, 0.2) is 0 Å². The number of nitrogens with zero attached hydrogens (tertiary/aromatic N) is 2. The molecule has 0 bridgehead atoms. The maximum Gasteiger partial charge on any atom is 0.213 e. The van der Waals surface area contributed by atoms with Crippen molar-refractivity contribution in [2.24, 2.45) is 5.10 Å². The molecule has 29 heavy (non-hydrogen) atoms. The van der Waals surface area contributed by atoms with Gasteiger partial charge in [0.05, 0.1) is 18.9 Å². The van der Waals surface area contributed by atoms with E-state index >= 15 is 0 Å². The largest absolute Gasteiger partial charge is 0.497 e. The van der Waals surface area contributed by atoms with Gasteiger partial charge >= 0.3 is 0 Å². The molecule has 2 atom stereocenters. The summed E-state index contributed by atoms with van der Waals surface area (Å²) in [4.78, 5) is 0. The predicted octanol–water partition coefficient (Wildman–Crippen LogP) is 6.01. The SMILES string of the molecule is COc1cccc(C2=NN3[C@@H](C2)c2cc(Br)ccc2O[C@H]3c2ccc(C)cc2)c1. The molecule has 0 aromatic heterocycles. The van der Waals surface area contributed by atoms with Crippen LogP contribution in [-0.4, -0.2) is 17.8 Å². The molecule has 0 amide bonds. The lowest BCUT2D eigenvalue weighted by Gasteiger charge is -2.38. The van der Waals surface area contributed by atoms with Crippen LogP contribution in [0.5, 0.6) is 11.5 Å². The molecule has 0 saturated carbocycles. The Balaban J connectivity index is 1.59. The molecule has 0 spiro atoms. The lowest BCUT2D eigenvalue weighted by Crippen LogP contribution is -2.33. The Labute approximate surface area is 178 Å². The number of aryl methyl sites for hydroxylation is 1. The number of halogens is 1. The van der Waals surface area contributed by atoms with E-state index in [2.05, 4.69) is 64.3 Å². The molecule has 0 N–H and O–H groups in total. The van der Waals surface area contributed by atoms with Gasteiger partial charge in [-0.15, -0.1) is 0 Å². The number of rotatable bonds is 3. The summed E-state index contributed by atoms with van der Waals surface area (Å²) < 4.78 is 12.9. The summed E-state index contributed by atoms with van der Waals surface area (Å²) >= 11 is 3.61. The van der Waals surface area contributed by atoms with Gasteiger partial charge in [-0.05, 0) is 37.3 Å². The molecule has 146 valence electrons. The van der Waals surface area contributed by atoms with Gasteiger partial charge in [0.25, 0.3) is 0 Å². The number of fused-ring (bicyclic) bond motifs is 3. The van der Waals surface area contributed by atoms with Gasteiger partial charge in [0.2, 0.25) is 6.23 Å². The smallest absolute Gasteiger partial charge is 0.213 e. The third kappa shape index (κ3) is 3.29. The zero-order chi connectivity index (χ0) is 20.0. The van der Waals surface area contributed by atoms with Crippen LogP contribution in [-0.2, 0) is 0 Å². The number of hydrogen-bond donors (Lipinski definition) is 0. The second-order valence-electron chi connectivity index (χ2n) is 7.44. The number of ether oxygens (including phenoxy) is 2. The molecule has 0 fully saturated rings. The lowest BCUT2D eigenvalue weighted by molar-refractivity contribution is -0.0190. The van der Waals surface area contributed by atoms with E-state index in [-0.39, 0.29) is 12.3 Å². The van der Waals surface area contributed by atoms with E-state index in [4.69, 9.17) is 14.6 Å². The van der Waals surface area contributed by atoms with E-state index in [1.54, 1.807) is 7.11 Å². The van der Waals surface area contributed by atoms with Crippen LogP contribution in [0.15, 0.2) is 76.3 Å². The highest BCUT2D eigenvalue weighted by Crippen LogP contribution is 2.48. The predicted molar refractivity (Wildman–Crippen MR) is 117 cm³/mol. The molecule has 0 unspecified atom stereocenters. The molecular formula is C24H21BrN2O2. The van der Waals surface area contributed by atoms with Crippen molar-refractivity contribution in [3.05, 3.63) is 93.5 Å². The van der Waals surface area contributed by atoms with E-state index in [0.717, 1.165) is 44.8 Å². The van der Waals surface area contributed by atoms with Crippen molar-refractivity contribution in [1.82, 2.24) is 5.01 Å². The van der Waals surface area contributed by atoms with Crippen molar-refractivity contribution in [2.45, 2.75) is 25.6 Å². The van der Waals surface area contributed by atoms with Crippen LogP contribution in [0, 0.1) is 6.92 Å². The first-order valence-corrected chi connectivity index (χ1v) is 10.4. The molecule has 5 heteroatoms. The van der Waals surface area contributed by atoms with Crippen molar-refractivity contribution >= 4 is 21.6 Å². The molecule has 2 heterocycles. The topological polar surface area (TPSA) is 34.1 Å². The first kappa shape index (κ1) is 18.3. The van der Waals surface area contributed by atoms with Gasteiger partial charge in [-0.1, -0.05) is 57.9 Å². The first-order chi connectivity index (χ1) is 14.1. The van der Waals surface area contributed by atoms with Crippen molar-refractivity contribution in [1.29, 1.82) is 0 Å². The number of hydrogen-bond acceptors (Lipinski definition) is 4. The highest BCUT2D eigenvalue weighted by Gasteiger charge is 2.41. The lowest BCUT2D eigenvalue weighted by atomic mass is 9.96. The summed E-state index contributed by atoms with van der Waals surface area (Å²) in [5.74, 6) is 1.76. The Morgan fingerprint density at radius 2 is 1.90 bits per heavy atom. The third-order valence-corrected chi connectivity index (χ3v) is 6.01.